The summed E-state index contributed by atoms with van der Waals surface area (Å²) in [6.07, 6.45) is 2.77. The quantitative estimate of drug-likeness (QED) is 0.745. The summed E-state index contributed by atoms with van der Waals surface area (Å²) in [6, 6.07) is 5.27. The van der Waals surface area contributed by atoms with Crippen molar-refractivity contribution in [2.45, 2.75) is 31.3 Å². The minimum absolute atomic E-state index is 0.404. The lowest BCUT2D eigenvalue weighted by atomic mass is 10.0. The molecular formula is C12H14BrClN2O2. The van der Waals surface area contributed by atoms with Gasteiger partial charge >= 0.3 is 0 Å². The lowest BCUT2D eigenvalue weighted by molar-refractivity contribution is -0.138. The Morgan fingerprint density at radius 3 is 2.67 bits per heavy atom. The van der Waals surface area contributed by atoms with E-state index in [1.54, 1.807) is 12.1 Å². The number of rotatable bonds is 3. The normalized spacial score (nSPS) is 17.5. The van der Waals surface area contributed by atoms with Gasteiger partial charge in [0.25, 0.3) is 5.91 Å². The van der Waals surface area contributed by atoms with Gasteiger partial charge in [0.1, 0.15) is 5.60 Å². The molecule has 0 bridgehead atoms. The number of amides is 1. The highest BCUT2D eigenvalue weighted by molar-refractivity contribution is 9.10. The van der Waals surface area contributed by atoms with Crippen LogP contribution in [-0.4, -0.2) is 16.6 Å². The van der Waals surface area contributed by atoms with E-state index in [0.717, 1.165) is 17.3 Å². The average molecular weight is 334 g/mol. The second-order valence-electron chi connectivity index (χ2n) is 4.44. The third kappa shape index (κ3) is 2.96. The van der Waals surface area contributed by atoms with Crippen LogP contribution in [0.15, 0.2) is 22.7 Å². The fourth-order valence-electron chi connectivity index (χ4n) is 2.02. The Hall–Kier alpha value is -0.780. The number of benzene rings is 1. The SMILES string of the molecule is O=C(NNc1ccc(Br)cc1Cl)C1(O)CCCC1. The number of hydrogen-bond acceptors (Lipinski definition) is 3. The van der Waals surface area contributed by atoms with Gasteiger partial charge in [0.15, 0.2) is 0 Å². The molecule has 0 aliphatic heterocycles. The first kappa shape index (κ1) is 13.6. The van der Waals surface area contributed by atoms with E-state index in [2.05, 4.69) is 26.8 Å². The summed E-state index contributed by atoms with van der Waals surface area (Å²) in [4.78, 5) is 11.8. The largest absolute Gasteiger partial charge is 0.380 e. The molecule has 1 aromatic carbocycles. The van der Waals surface area contributed by atoms with Crippen LogP contribution in [-0.2, 0) is 4.79 Å². The van der Waals surface area contributed by atoms with E-state index in [1.165, 1.54) is 0 Å². The van der Waals surface area contributed by atoms with Crippen LogP contribution in [0.4, 0.5) is 5.69 Å². The lowest BCUT2D eigenvalue weighted by Crippen LogP contribution is -2.46. The molecule has 1 saturated carbocycles. The molecule has 0 atom stereocenters. The molecule has 0 unspecified atom stereocenters. The molecule has 6 heteroatoms. The summed E-state index contributed by atoms with van der Waals surface area (Å²) in [5, 5.41) is 10.5. The van der Waals surface area contributed by atoms with Gasteiger partial charge in [-0.1, -0.05) is 27.5 Å². The molecule has 1 aliphatic carbocycles. The smallest absolute Gasteiger partial charge is 0.270 e. The number of hydrogen-bond donors (Lipinski definition) is 3. The van der Waals surface area contributed by atoms with Crippen LogP contribution >= 0.6 is 27.5 Å². The number of carbonyl (C=O) groups is 1. The van der Waals surface area contributed by atoms with E-state index in [0.29, 0.717) is 23.6 Å². The molecule has 1 aromatic rings. The molecule has 0 saturated heterocycles. The molecule has 1 amide bonds. The second-order valence-corrected chi connectivity index (χ2v) is 5.76. The van der Waals surface area contributed by atoms with Crippen LogP contribution < -0.4 is 10.9 Å². The number of nitrogens with one attached hydrogen (secondary N) is 2. The number of hydrazine groups is 1. The van der Waals surface area contributed by atoms with Gasteiger partial charge in [-0.25, -0.2) is 0 Å². The summed E-state index contributed by atoms with van der Waals surface area (Å²) in [6.45, 7) is 0. The van der Waals surface area contributed by atoms with Crippen molar-refractivity contribution in [2.24, 2.45) is 0 Å². The maximum atomic E-state index is 11.8. The maximum absolute atomic E-state index is 11.8. The highest BCUT2D eigenvalue weighted by Gasteiger charge is 2.38. The molecule has 1 aliphatic rings. The molecule has 98 valence electrons. The standard InChI is InChI=1S/C12H14BrClN2O2/c13-8-3-4-10(9(14)7-8)15-16-11(17)12(18)5-1-2-6-12/h3-4,7,15,18H,1-2,5-6H2,(H,16,17). The van der Waals surface area contributed by atoms with E-state index in [1.807, 2.05) is 6.07 Å². The highest BCUT2D eigenvalue weighted by Crippen LogP contribution is 2.30. The third-order valence-electron chi connectivity index (χ3n) is 3.10. The molecule has 0 aromatic heterocycles. The van der Waals surface area contributed by atoms with Gasteiger partial charge in [0.2, 0.25) is 0 Å². The molecule has 18 heavy (non-hydrogen) atoms. The predicted octanol–water partition coefficient (Wildman–Crippen LogP) is 2.85. The zero-order valence-electron chi connectivity index (χ0n) is 9.67. The molecule has 0 radical (unpaired) electrons. The van der Waals surface area contributed by atoms with E-state index in [9.17, 15) is 9.90 Å². The molecule has 4 nitrogen and oxygen atoms in total. The van der Waals surface area contributed by atoms with Gasteiger partial charge in [-0.15, -0.1) is 0 Å². The average Bonchev–Trinajstić information content (AvgIpc) is 2.76. The summed E-state index contributed by atoms with van der Waals surface area (Å²) >= 11 is 9.30. The van der Waals surface area contributed by atoms with Gasteiger partial charge in [-0.2, -0.15) is 0 Å². The Bertz CT molecular complexity index is 461. The number of anilines is 1. The maximum Gasteiger partial charge on any atom is 0.270 e. The van der Waals surface area contributed by atoms with Crippen LogP contribution in [0.2, 0.25) is 5.02 Å². The van der Waals surface area contributed by atoms with Gasteiger partial charge in [0.05, 0.1) is 10.7 Å². The summed E-state index contributed by atoms with van der Waals surface area (Å²) < 4.78 is 0.860. The predicted molar refractivity (Wildman–Crippen MR) is 74.3 cm³/mol. The fourth-order valence-corrected chi connectivity index (χ4v) is 2.74. The Morgan fingerprint density at radius 2 is 2.06 bits per heavy atom. The van der Waals surface area contributed by atoms with Crippen molar-refractivity contribution in [1.29, 1.82) is 0 Å². The zero-order chi connectivity index (χ0) is 13.2. The topological polar surface area (TPSA) is 61.4 Å². The number of halogens is 2. The highest BCUT2D eigenvalue weighted by atomic mass is 79.9. The molecule has 2 rings (SSSR count). The fraction of sp³-hybridized carbons (Fsp3) is 0.417. The van der Waals surface area contributed by atoms with Crippen molar-refractivity contribution < 1.29 is 9.90 Å². The monoisotopic (exact) mass is 332 g/mol. The van der Waals surface area contributed by atoms with Crippen LogP contribution in [0.3, 0.4) is 0 Å². The van der Waals surface area contributed by atoms with Crippen molar-refractivity contribution in [2.75, 3.05) is 5.43 Å². The Balaban J connectivity index is 1.97. The van der Waals surface area contributed by atoms with Crippen molar-refractivity contribution in [3.05, 3.63) is 27.7 Å². The van der Waals surface area contributed by atoms with E-state index in [4.69, 9.17) is 11.6 Å². The zero-order valence-corrected chi connectivity index (χ0v) is 12.0. The molecule has 1 fully saturated rings. The van der Waals surface area contributed by atoms with Crippen LogP contribution in [0.5, 0.6) is 0 Å². The summed E-state index contributed by atoms with van der Waals surface area (Å²) in [5.74, 6) is -0.404. The van der Waals surface area contributed by atoms with Crippen LogP contribution in [0, 0.1) is 0 Å². The Kier molecular flexibility index (Phi) is 4.14. The first-order valence-corrected chi connectivity index (χ1v) is 6.92. The van der Waals surface area contributed by atoms with Crippen molar-refractivity contribution in [3.63, 3.8) is 0 Å². The van der Waals surface area contributed by atoms with Gasteiger partial charge in [-0.3, -0.25) is 15.6 Å². The number of carbonyl (C=O) groups excluding carboxylic acids is 1. The van der Waals surface area contributed by atoms with E-state index in [-0.39, 0.29) is 0 Å². The van der Waals surface area contributed by atoms with Gasteiger partial charge in [0, 0.05) is 4.47 Å². The minimum atomic E-state index is -1.24. The second kappa shape index (κ2) is 5.47. The van der Waals surface area contributed by atoms with E-state index >= 15 is 0 Å². The third-order valence-corrected chi connectivity index (χ3v) is 3.90. The van der Waals surface area contributed by atoms with Crippen LogP contribution in [0.25, 0.3) is 0 Å². The van der Waals surface area contributed by atoms with Crippen molar-refractivity contribution >= 4 is 39.1 Å². The summed E-state index contributed by atoms with van der Waals surface area (Å²) in [5.41, 5.74) is 4.58. The van der Waals surface area contributed by atoms with Crippen LogP contribution in [0.1, 0.15) is 25.7 Å². The molecule has 3 N–H and O–H groups in total. The lowest BCUT2D eigenvalue weighted by Gasteiger charge is -2.21. The van der Waals surface area contributed by atoms with E-state index < -0.39 is 11.5 Å². The van der Waals surface area contributed by atoms with Crippen molar-refractivity contribution in [3.8, 4) is 0 Å². The Labute approximate surface area is 119 Å². The minimum Gasteiger partial charge on any atom is -0.380 e. The van der Waals surface area contributed by atoms with Gasteiger partial charge < -0.3 is 5.11 Å². The Morgan fingerprint density at radius 1 is 1.39 bits per heavy atom. The molecular weight excluding hydrogens is 320 g/mol. The summed E-state index contributed by atoms with van der Waals surface area (Å²) in [7, 11) is 0. The molecule has 0 spiro atoms. The first-order valence-electron chi connectivity index (χ1n) is 5.75. The van der Waals surface area contributed by atoms with Gasteiger partial charge in [-0.05, 0) is 43.9 Å². The van der Waals surface area contributed by atoms with Crippen molar-refractivity contribution in [1.82, 2.24) is 5.43 Å². The first-order chi connectivity index (χ1) is 8.51. The molecule has 0 heterocycles. The number of aliphatic hydroxyl groups is 1.